The van der Waals surface area contributed by atoms with E-state index in [1.165, 1.54) is 17.3 Å². The quantitative estimate of drug-likeness (QED) is 0.739. The van der Waals surface area contributed by atoms with Crippen LogP contribution in [0.2, 0.25) is 0 Å². The van der Waals surface area contributed by atoms with Crippen molar-refractivity contribution < 1.29 is 13.2 Å². The van der Waals surface area contributed by atoms with Crippen LogP contribution in [0.3, 0.4) is 0 Å². The molecule has 1 N–H and O–H groups in total. The van der Waals surface area contributed by atoms with E-state index in [2.05, 4.69) is 39.5 Å². The number of carbonyl (C=O) groups excluding carboxylic acids is 1. The van der Waals surface area contributed by atoms with E-state index in [1.807, 2.05) is 35.2 Å². The van der Waals surface area contributed by atoms with E-state index in [0.717, 1.165) is 30.5 Å². The van der Waals surface area contributed by atoms with Crippen LogP contribution in [0.5, 0.6) is 0 Å². The molecule has 0 saturated carbocycles. The van der Waals surface area contributed by atoms with E-state index < -0.39 is 9.84 Å². The van der Waals surface area contributed by atoms with Gasteiger partial charge in [0, 0.05) is 49.2 Å². The maximum absolute atomic E-state index is 13.1. The Morgan fingerprint density at radius 3 is 2.56 bits per heavy atom. The summed E-state index contributed by atoms with van der Waals surface area (Å²) in [5, 5.41) is 4.00. The van der Waals surface area contributed by atoms with Gasteiger partial charge in [0.1, 0.15) is 0 Å². The highest BCUT2D eigenvalue weighted by Gasteiger charge is 2.42. The second-order valence-electron chi connectivity index (χ2n) is 8.49. The van der Waals surface area contributed by atoms with Gasteiger partial charge in [0.15, 0.2) is 15.0 Å². The Kier molecular flexibility index (Phi) is 5.96. The highest BCUT2D eigenvalue weighted by molar-refractivity contribution is 8.15. The molecule has 0 radical (unpaired) electrons. The van der Waals surface area contributed by atoms with E-state index in [-0.39, 0.29) is 28.7 Å². The second kappa shape index (κ2) is 8.88. The Morgan fingerprint density at radius 2 is 1.81 bits per heavy atom. The standard InChI is InChI=1S/C23H26N4O3S2/c28-22(27-11-9-26(10-12-27)14-17-5-2-1-3-6-17)18-7-4-8-19(13-18)24-23-25-20-15-32(29,30)16-21(20)31-23/h1-8,13,20-21H,9-12,14-16H2,(H,24,25)/t20-,21-/m0/s1. The lowest BCUT2D eigenvalue weighted by Crippen LogP contribution is -2.48. The zero-order valence-corrected chi connectivity index (χ0v) is 19.3. The third-order valence-electron chi connectivity index (χ3n) is 6.09. The van der Waals surface area contributed by atoms with Crippen molar-refractivity contribution in [1.29, 1.82) is 0 Å². The molecule has 7 nitrogen and oxygen atoms in total. The van der Waals surface area contributed by atoms with Gasteiger partial charge in [-0.15, -0.1) is 0 Å². The summed E-state index contributed by atoms with van der Waals surface area (Å²) in [5.41, 5.74) is 2.74. The number of aliphatic imine (C=N–C) groups is 1. The van der Waals surface area contributed by atoms with E-state index in [4.69, 9.17) is 0 Å². The van der Waals surface area contributed by atoms with Crippen molar-refractivity contribution in [3.8, 4) is 0 Å². The number of fused-ring (bicyclic) bond motifs is 1. The number of amidine groups is 1. The van der Waals surface area contributed by atoms with Crippen LogP contribution in [0, 0.1) is 0 Å². The van der Waals surface area contributed by atoms with E-state index in [9.17, 15) is 13.2 Å². The predicted molar refractivity (Wildman–Crippen MR) is 129 cm³/mol. The van der Waals surface area contributed by atoms with Crippen LogP contribution in [-0.2, 0) is 16.4 Å². The molecule has 1 amide bonds. The van der Waals surface area contributed by atoms with E-state index >= 15 is 0 Å². The number of anilines is 1. The molecule has 32 heavy (non-hydrogen) atoms. The minimum atomic E-state index is -2.96. The number of benzene rings is 2. The number of hydrogen-bond acceptors (Lipinski definition) is 7. The summed E-state index contributed by atoms with van der Waals surface area (Å²) in [6.45, 7) is 4.05. The Labute approximate surface area is 192 Å². The van der Waals surface area contributed by atoms with Crippen molar-refractivity contribution in [2.75, 3.05) is 43.0 Å². The third kappa shape index (κ3) is 4.84. The molecule has 5 rings (SSSR count). The lowest BCUT2D eigenvalue weighted by Gasteiger charge is -2.34. The van der Waals surface area contributed by atoms with Gasteiger partial charge in [0.05, 0.1) is 17.5 Å². The van der Waals surface area contributed by atoms with Gasteiger partial charge in [-0.2, -0.15) is 0 Å². The normalized spacial score (nSPS) is 24.8. The summed E-state index contributed by atoms with van der Waals surface area (Å²) in [6.07, 6.45) is 0. The number of thioether (sulfide) groups is 1. The lowest BCUT2D eigenvalue weighted by atomic mass is 10.1. The molecular formula is C23H26N4O3S2. The molecular weight excluding hydrogens is 444 g/mol. The summed E-state index contributed by atoms with van der Waals surface area (Å²) < 4.78 is 23.5. The minimum Gasteiger partial charge on any atom is -0.336 e. The fourth-order valence-corrected chi connectivity index (χ4v) is 8.08. The number of nitrogens with one attached hydrogen (secondary N) is 1. The molecule has 9 heteroatoms. The fourth-order valence-electron chi connectivity index (χ4n) is 4.40. The van der Waals surface area contributed by atoms with Crippen LogP contribution in [0.4, 0.5) is 5.69 Å². The van der Waals surface area contributed by atoms with Crippen LogP contribution in [-0.4, -0.2) is 78.3 Å². The van der Waals surface area contributed by atoms with Crippen molar-refractivity contribution in [1.82, 2.24) is 9.80 Å². The average Bonchev–Trinajstić information content (AvgIpc) is 3.27. The van der Waals surface area contributed by atoms with Crippen molar-refractivity contribution in [2.24, 2.45) is 4.99 Å². The summed E-state index contributed by atoms with van der Waals surface area (Å²) in [4.78, 5) is 21.9. The van der Waals surface area contributed by atoms with Crippen molar-refractivity contribution in [3.63, 3.8) is 0 Å². The van der Waals surface area contributed by atoms with Crippen LogP contribution in [0.15, 0.2) is 59.6 Å². The smallest absolute Gasteiger partial charge is 0.254 e. The largest absolute Gasteiger partial charge is 0.336 e. The summed E-state index contributed by atoms with van der Waals surface area (Å²) in [7, 11) is -2.96. The number of carbonyl (C=O) groups is 1. The first-order valence-corrected chi connectivity index (χ1v) is 13.5. The van der Waals surface area contributed by atoms with Crippen molar-refractivity contribution >= 4 is 38.4 Å². The molecule has 3 aliphatic rings. The second-order valence-corrected chi connectivity index (χ2v) is 11.9. The first-order chi connectivity index (χ1) is 15.4. The first kappa shape index (κ1) is 21.5. The molecule has 0 bridgehead atoms. The number of amides is 1. The maximum Gasteiger partial charge on any atom is 0.254 e. The monoisotopic (exact) mass is 470 g/mol. The van der Waals surface area contributed by atoms with E-state index in [0.29, 0.717) is 18.7 Å². The van der Waals surface area contributed by atoms with Gasteiger partial charge >= 0.3 is 0 Å². The number of rotatable bonds is 4. The molecule has 0 unspecified atom stereocenters. The molecule has 2 aromatic rings. The lowest BCUT2D eigenvalue weighted by molar-refractivity contribution is 0.0628. The molecule has 0 spiro atoms. The maximum atomic E-state index is 13.1. The van der Waals surface area contributed by atoms with Crippen molar-refractivity contribution in [3.05, 3.63) is 65.7 Å². The molecule has 3 aliphatic heterocycles. The number of sulfone groups is 1. The Hall–Kier alpha value is -2.36. The zero-order chi connectivity index (χ0) is 22.1. The predicted octanol–water partition coefficient (Wildman–Crippen LogP) is 2.32. The Balaban J connectivity index is 1.17. The topological polar surface area (TPSA) is 82.1 Å². The number of nitrogens with zero attached hydrogens (tertiary/aromatic N) is 3. The van der Waals surface area contributed by atoms with Gasteiger partial charge in [-0.1, -0.05) is 48.2 Å². The Bertz CT molecular complexity index is 1130. The first-order valence-electron chi connectivity index (χ1n) is 10.8. The highest BCUT2D eigenvalue weighted by Crippen LogP contribution is 2.34. The fraction of sp³-hybridized carbons (Fsp3) is 0.391. The van der Waals surface area contributed by atoms with Crippen LogP contribution in [0.25, 0.3) is 0 Å². The minimum absolute atomic E-state index is 0.000466. The van der Waals surface area contributed by atoms with Crippen molar-refractivity contribution in [2.45, 2.75) is 17.8 Å². The van der Waals surface area contributed by atoms with Crippen LogP contribution >= 0.6 is 11.8 Å². The summed E-state index contributed by atoms with van der Waals surface area (Å²) >= 11 is 1.48. The van der Waals surface area contributed by atoms with Gasteiger partial charge in [0.2, 0.25) is 0 Å². The van der Waals surface area contributed by atoms with Gasteiger partial charge < -0.3 is 10.2 Å². The van der Waals surface area contributed by atoms with Crippen LogP contribution < -0.4 is 5.32 Å². The van der Waals surface area contributed by atoms with Gasteiger partial charge in [-0.05, 0) is 23.8 Å². The third-order valence-corrected chi connectivity index (χ3v) is 9.23. The molecule has 2 saturated heterocycles. The summed E-state index contributed by atoms with van der Waals surface area (Å²) in [5.74, 6) is 0.355. The Morgan fingerprint density at radius 1 is 1.03 bits per heavy atom. The zero-order valence-electron chi connectivity index (χ0n) is 17.7. The molecule has 168 valence electrons. The molecule has 2 atom stereocenters. The van der Waals surface area contributed by atoms with Gasteiger partial charge in [-0.25, -0.2) is 8.42 Å². The van der Waals surface area contributed by atoms with E-state index in [1.54, 1.807) is 0 Å². The van der Waals surface area contributed by atoms with Crippen LogP contribution in [0.1, 0.15) is 15.9 Å². The number of piperazine rings is 1. The molecule has 0 aliphatic carbocycles. The van der Waals surface area contributed by atoms with Gasteiger partial charge in [-0.3, -0.25) is 14.7 Å². The van der Waals surface area contributed by atoms with Gasteiger partial charge in [0.25, 0.3) is 5.91 Å². The molecule has 2 fully saturated rings. The summed E-state index contributed by atoms with van der Waals surface area (Å²) in [6, 6.07) is 17.7. The number of hydrogen-bond donors (Lipinski definition) is 1. The molecule has 3 heterocycles. The molecule has 0 aromatic heterocycles. The molecule has 2 aromatic carbocycles. The SMILES string of the molecule is O=C(c1cccc(NC2=N[C@H]3CS(=O)(=O)C[C@@H]3S2)c1)N1CCN(Cc2ccccc2)CC1. The average molecular weight is 471 g/mol. The highest BCUT2D eigenvalue weighted by atomic mass is 32.2.